The van der Waals surface area contributed by atoms with Crippen molar-refractivity contribution in [2.45, 2.75) is 11.7 Å². The highest BCUT2D eigenvalue weighted by atomic mass is 32.2. The molecule has 1 heterocycles. The van der Waals surface area contributed by atoms with Crippen molar-refractivity contribution >= 4 is 17.7 Å². The van der Waals surface area contributed by atoms with Crippen LogP contribution in [0.2, 0.25) is 0 Å². The Kier molecular flexibility index (Phi) is 7.00. The lowest BCUT2D eigenvalue weighted by Crippen LogP contribution is -2.24. The van der Waals surface area contributed by atoms with Crippen molar-refractivity contribution in [3.63, 3.8) is 0 Å². The molecule has 1 amide bonds. The Labute approximate surface area is 174 Å². The number of aromatic nitrogens is 3. The van der Waals surface area contributed by atoms with Gasteiger partial charge in [-0.1, -0.05) is 36.0 Å². The van der Waals surface area contributed by atoms with Crippen molar-refractivity contribution in [1.82, 2.24) is 25.0 Å². The van der Waals surface area contributed by atoms with Gasteiger partial charge in [-0.15, -0.1) is 10.2 Å². The first-order valence-corrected chi connectivity index (χ1v) is 10.2. The molecular formula is C21H24FN5OS. The molecule has 29 heavy (non-hydrogen) atoms. The second kappa shape index (κ2) is 9.67. The summed E-state index contributed by atoms with van der Waals surface area (Å²) in [5.41, 5.74) is 2.38. The predicted octanol–water partition coefficient (Wildman–Crippen LogP) is 3.20. The van der Waals surface area contributed by atoms with Crippen molar-refractivity contribution in [2.75, 3.05) is 26.4 Å². The lowest BCUT2D eigenvalue weighted by molar-refractivity contribution is 0.0949. The highest BCUT2D eigenvalue weighted by Crippen LogP contribution is 2.20. The molecule has 1 N–H and O–H groups in total. The topological polar surface area (TPSA) is 63.1 Å². The number of nitrogens with zero attached hydrogens (tertiary/aromatic N) is 4. The van der Waals surface area contributed by atoms with Crippen LogP contribution in [0.5, 0.6) is 0 Å². The molecule has 0 atom stereocenters. The summed E-state index contributed by atoms with van der Waals surface area (Å²) in [7, 11) is 5.96. The highest BCUT2D eigenvalue weighted by molar-refractivity contribution is 7.99. The first-order chi connectivity index (χ1) is 13.9. The van der Waals surface area contributed by atoms with Crippen molar-refractivity contribution in [3.8, 4) is 11.1 Å². The molecule has 3 rings (SSSR count). The number of carbonyl (C=O) groups excluding carboxylic acids is 1. The first-order valence-electron chi connectivity index (χ1n) is 9.24. The molecule has 6 nitrogen and oxygen atoms in total. The quantitative estimate of drug-likeness (QED) is 0.575. The molecule has 0 aliphatic heterocycles. The van der Waals surface area contributed by atoms with Gasteiger partial charge < -0.3 is 14.8 Å². The monoisotopic (exact) mass is 413 g/mol. The van der Waals surface area contributed by atoms with Gasteiger partial charge in [0, 0.05) is 24.9 Å². The van der Waals surface area contributed by atoms with E-state index in [1.54, 1.807) is 36.0 Å². The summed E-state index contributed by atoms with van der Waals surface area (Å²) in [5.74, 6) is 1.17. The number of amides is 1. The largest absolute Gasteiger partial charge is 0.345 e. The van der Waals surface area contributed by atoms with E-state index in [1.807, 2.05) is 37.8 Å². The van der Waals surface area contributed by atoms with E-state index in [9.17, 15) is 9.18 Å². The fourth-order valence-corrected chi connectivity index (χ4v) is 3.70. The van der Waals surface area contributed by atoms with Crippen LogP contribution in [0.3, 0.4) is 0 Å². The van der Waals surface area contributed by atoms with E-state index in [-0.39, 0.29) is 11.7 Å². The molecule has 0 saturated carbocycles. The number of hydrogen-bond donors (Lipinski definition) is 1. The van der Waals surface area contributed by atoms with Gasteiger partial charge in [-0.3, -0.25) is 4.79 Å². The van der Waals surface area contributed by atoms with Crippen molar-refractivity contribution in [2.24, 2.45) is 7.05 Å². The molecule has 0 aliphatic rings. The molecule has 0 fully saturated rings. The molecule has 0 bridgehead atoms. The Morgan fingerprint density at radius 3 is 2.31 bits per heavy atom. The fourth-order valence-electron chi connectivity index (χ4n) is 2.66. The van der Waals surface area contributed by atoms with E-state index in [0.29, 0.717) is 17.9 Å². The van der Waals surface area contributed by atoms with E-state index in [2.05, 4.69) is 20.4 Å². The second-order valence-electron chi connectivity index (χ2n) is 6.88. The highest BCUT2D eigenvalue weighted by Gasteiger charge is 2.12. The maximum absolute atomic E-state index is 13.1. The van der Waals surface area contributed by atoms with Crippen LogP contribution in [0.1, 0.15) is 16.2 Å². The summed E-state index contributed by atoms with van der Waals surface area (Å²) in [6, 6.07) is 13.5. The van der Waals surface area contributed by atoms with Crippen molar-refractivity contribution < 1.29 is 9.18 Å². The van der Waals surface area contributed by atoms with Gasteiger partial charge in [0.05, 0.1) is 6.54 Å². The zero-order chi connectivity index (χ0) is 20.8. The zero-order valence-electron chi connectivity index (χ0n) is 16.7. The number of rotatable bonds is 8. The SMILES string of the molecule is CN(C)CCSc1nnc(CNC(=O)c2ccc(-c3ccc(F)cc3)cc2)n1C. The molecule has 1 aromatic heterocycles. The summed E-state index contributed by atoms with van der Waals surface area (Å²) in [6.45, 7) is 1.26. The van der Waals surface area contributed by atoms with Crippen LogP contribution >= 0.6 is 11.8 Å². The van der Waals surface area contributed by atoms with Crippen LogP contribution in [0.25, 0.3) is 11.1 Å². The lowest BCUT2D eigenvalue weighted by Gasteiger charge is -2.09. The number of carbonyl (C=O) groups is 1. The summed E-state index contributed by atoms with van der Waals surface area (Å²) < 4.78 is 15.0. The summed E-state index contributed by atoms with van der Waals surface area (Å²) in [4.78, 5) is 14.6. The second-order valence-corrected chi connectivity index (χ2v) is 7.94. The molecule has 8 heteroatoms. The van der Waals surface area contributed by atoms with Gasteiger partial charge in [0.15, 0.2) is 11.0 Å². The fraction of sp³-hybridized carbons (Fsp3) is 0.286. The Hall–Kier alpha value is -2.71. The van der Waals surface area contributed by atoms with E-state index < -0.39 is 0 Å². The molecule has 0 spiro atoms. The molecule has 0 unspecified atom stereocenters. The first kappa shape index (κ1) is 21.0. The third-order valence-electron chi connectivity index (χ3n) is 4.43. The minimum atomic E-state index is -0.271. The van der Waals surface area contributed by atoms with Crippen LogP contribution in [-0.4, -0.2) is 52.0 Å². The maximum atomic E-state index is 13.1. The molecule has 0 radical (unpaired) electrons. The van der Waals surface area contributed by atoms with Crippen LogP contribution in [0.4, 0.5) is 4.39 Å². The Balaban J connectivity index is 1.57. The average molecular weight is 414 g/mol. The van der Waals surface area contributed by atoms with E-state index in [0.717, 1.165) is 28.6 Å². The van der Waals surface area contributed by atoms with Crippen LogP contribution in [0.15, 0.2) is 53.7 Å². The molecular weight excluding hydrogens is 389 g/mol. The molecule has 0 aliphatic carbocycles. The Morgan fingerprint density at radius 2 is 1.69 bits per heavy atom. The number of benzene rings is 2. The lowest BCUT2D eigenvalue weighted by atomic mass is 10.0. The van der Waals surface area contributed by atoms with E-state index in [4.69, 9.17) is 0 Å². The van der Waals surface area contributed by atoms with Gasteiger partial charge in [-0.05, 0) is 49.5 Å². The predicted molar refractivity (Wildman–Crippen MR) is 113 cm³/mol. The number of halogens is 1. The van der Waals surface area contributed by atoms with Crippen molar-refractivity contribution in [1.29, 1.82) is 0 Å². The minimum absolute atomic E-state index is 0.180. The van der Waals surface area contributed by atoms with Gasteiger partial charge >= 0.3 is 0 Å². The Bertz CT molecular complexity index is 954. The smallest absolute Gasteiger partial charge is 0.251 e. The number of nitrogens with one attached hydrogen (secondary N) is 1. The molecule has 2 aromatic carbocycles. The van der Waals surface area contributed by atoms with Gasteiger partial charge in [0.1, 0.15) is 5.82 Å². The van der Waals surface area contributed by atoms with E-state index in [1.165, 1.54) is 12.1 Å². The van der Waals surface area contributed by atoms with Gasteiger partial charge in [-0.25, -0.2) is 4.39 Å². The maximum Gasteiger partial charge on any atom is 0.251 e. The molecule has 152 valence electrons. The van der Waals surface area contributed by atoms with E-state index >= 15 is 0 Å². The summed E-state index contributed by atoms with van der Waals surface area (Å²) >= 11 is 1.64. The standard InChI is InChI=1S/C21H24FN5OS/c1-26(2)12-13-29-21-25-24-19(27(21)3)14-23-20(28)17-6-4-15(5-7-17)16-8-10-18(22)11-9-16/h4-11H,12-14H2,1-3H3,(H,23,28). The van der Waals surface area contributed by atoms with Crippen LogP contribution in [-0.2, 0) is 13.6 Å². The Morgan fingerprint density at radius 1 is 1.07 bits per heavy atom. The number of thioether (sulfide) groups is 1. The minimum Gasteiger partial charge on any atom is -0.345 e. The van der Waals surface area contributed by atoms with Crippen LogP contribution in [0, 0.1) is 5.82 Å². The number of hydrogen-bond acceptors (Lipinski definition) is 5. The summed E-state index contributed by atoms with van der Waals surface area (Å²) in [6.07, 6.45) is 0. The summed E-state index contributed by atoms with van der Waals surface area (Å²) in [5, 5.41) is 12.1. The third kappa shape index (κ3) is 5.65. The van der Waals surface area contributed by atoms with Crippen LogP contribution < -0.4 is 5.32 Å². The van der Waals surface area contributed by atoms with Crippen molar-refractivity contribution in [3.05, 3.63) is 65.7 Å². The van der Waals surface area contributed by atoms with Gasteiger partial charge in [0.25, 0.3) is 5.91 Å². The average Bonchev–Trinajstić information content (AvgIpc) is 3.06. The molecule has 0 saturated heterocycles. The van der Waals surface area contributed by atoms with Gasteiger partial charge in [0.2, 0.25) is 0 Å². The zero-order valence-corrected chi connectivity index (χ0v) is 17.5. The molecule has 3 aromatic rings. The third-order valence-corrected chi connectivity index (χ3v) is 5.43. The normalized spacial score (nSPS) is 11.1. The van der Waals surface area contributed by atoms with Gasteiger partial charge in [-0.2, -0.15) is 0 Å².